The fourth-order valence-corrected chi connectivity index (χ4v) is 5.53. The van der Waals surface area contributed by atoms with Gasteiger partial charge in [-0.05, 0) is 74.0 Å². The van der Waals surface area contributed by atoms with Crippen molar-refractivity contribution in [1.82, 2.24) is 10.6 Å². The van der Waals surface area contributed by atoms with Gasteiger partial charge in [0.15, 0.2) is 0 Å². The van der Waals surface area contributed by atoms with Crippen molar-refractivity contribution in [2.24, 2.45) is 28.7 Å². The Morgan fingerprint density at radius 1 is 1.22 bits per heavy atom. The number of fused-ring (bicyclic) bond motifs is 2. The molecule has 4 heteroatoms. The maximum absolute atomic E-state index is 13.8. The molecule has 1 fully saturated rings. The molecule has 0 amide bonds. The van der Waals surface area contributed by atoms with Gasteiger partial charge in [0.25, 0.3) is 0 Å². The van der Waals surface area contributed by atoms with Gasteiger partial charge < -0.3 is 5.32 Å². The maximum Gasteiger partial charge on any atom is 0.119 e. The second kappa shape index (κ2) is 9.35. The van der Waals surface area contributed by atoms with Crippen LogP contribution in [0, 0.1) is 23.7 Å². The molecule has 6 atom stereocenters. The third-order valence-corrected chi connectivity index (χ3v) is 7.78. The van der Waals surface area contributed by atoms with E-state index in [1.54, 1.807) is 12.2 Å². The minimum atomic E-state index is -0.104. The normalized spacial score (nSPS) is 31.8. The molecule has 0 radical (unpaired) electrons. The molecule has 0 aromatic heterocycles. The number of aliphatic imine (C=N–C) groups is 1. The fraction of sp³-hybridized carbons (Fsp3) is 0.536. The highest BCUT2D eigenvalue weighted by Crippen LogP contribution is 2.42. The first kappa shape index (κ1) is 21.6. The molecule has 1 aromatic rings. The molecule has 3 nitrogen and oxygen atoms in total. The Hall–Kier alpha value is -2.20. The van der Waals surface area contributed by atoms with Gasteiger partial charge in [-0.3, -0.25) is 10.3 Å². The van der Waals surface area contributed by atoms with E-state index in [1.165, 1.54) is 36.2 Å². The molecule has 0 spiro atoms. The molecular formula is C28H36FN3. The Morgan fingerprint density at radius 3 is 2.88 bits per heavy atom. The van der Waals surface area contributed by atoms with Crippen molar-refractivity contribution in [2.75, 3.05) is 0 Å². The first-order valence-corrected chi connectivity index (χ1v) is 12.5. The molecule has 170 valence electrons. The first-order chi connectivity index (χ1) is 15.6. The van der Waals surface area contributed by atoms with Crippen LogP contribution in [-0.2, 0) is 6.42 Å². The fourth-order valence-electron chi connectivity index (χ4n) is 5.53. The number of hydrogen-bond acceptors (Lipinski definition) is 3. The monoisotopic (exact) mass is 433 g/mol. The summed E-state index contributed by atoms with van der Waals surface area (Å²) in [5.74, 6) is 1.91. The third-order valence-electron chi connectivity index (χ3n) is 7.78. The topological polar surface area (TPSA) is 36.4 Å². The van der Waals surface area contributed by atoms with Crippen molar-refractivity contribution in [3.8, 4) is 0 Å². The lowest BCUT2D eigenvalue weighted by atomic mass is 9.77. The zero-order valence-electron chi connectivity index (χ0n) is 19.4. The van der Waals surface area contributed by atoms with Gasteiger partial charge >= 0.3 is 0 Å². The van der Waals surface area contributed by atoms with Crippen LogP contribution < -0.4 is 10.6 Å². The number of allylic oxidation sites excluding steroid dienone is 5. The Kier molecular flexibility index (Phi) is 6.32. The van der Waals surface area contributed by atoms with Crippen LogP contribution in [0.15, 0.2) is 70.8 Å². The highest BCUT2D eigenvalue weighted by molar-refractivity contribution is 5.91. The average molecular weight is 434 g/mol. The number of nitrogens with zero attached hydrogens (tertiary/aromatic N) is 1. The lowest BCUT2D eigenvalue weighted by Gasteiger charge is -2.38. The molecule has 1 aliphatic heterocycles. The van der Waals surface area contributed by atoms with Crippen molar-refractivity contribution in [3.05, 3.63) is 71.3 Å². The summed E-state index contributed by atoms with van der Waals surface area (Å²) in [5, 5.41) is 7.74. The summed E-state index contributed by atoms with van der Waals surface area (Å²) in [7, 11) is 0. The van der Waals surface area contributed by atoms with Crippen molar-refractivity contribution >= 4 is 5.71 Å². The summed E-state index contributed by atoms with van der Waals surface area (Å²) in [6, 6.07) is 11.3. The van der Waals surface area contributed by atoms with Crippen LogP contribution in [0.5, 0.6) is 0 Å². The number of nitrogens with one attached hydrogen (secondary N) is 2. The molecular weight excluding hydrogens is 397 g/mol. The van der Waals surface area contributed by atoms with Crippen molar-refractivity contribution in [3.63, 3.8) is 0 Å². The van der Waals surface area contributed by atoms with Gasteiger partial charge in [0.1, 0.15) is 12.0 Å². The zero-order valence-corrected chi connectivity index (χ0v) is 19.4. The average Bonchev–Trinajstić information content (AvgIpc) is 3.54. The Morgan fingerprint density at radius 2 is 2.06 bits per heavy atom. The first-order valence-electron chi connectivity index (χ1n) is 12.5. The van der Waals surface area contributed by atoms with Crippen LogP contribution in [0.4, 0.5) is 4.39 Å². The van der Waals surface area contributed by atoms with Crippen LogP contribution in [0.25, 0.3) is 0 Å². The predicted molar refractivity (Wildman–Crippen MR) is 130 cm³/mol. The minimum absolute atomic E-state index is 0.104. The van der Waals surface area contributed by atoms with E-state index in [2.05, 4.69) is 54.8 Å². The molecule has 5 rings (SSSR count). The van der Waals surface area contributed by atoms with E-state index in [9.17, 15) is 4.39 Å². The largest absolute Gasteiger partial charge is 0.367 e. The van der Waals surface area contributed by atoms with Crippen LogP contribution in [0.2, 0.25) is 0 Å². The lowest BCUT2D eigenvalue weighted by molar-refractivity contribution is 0.398. The van der Waals surface area contributed by atoms with E-state index >= 15 is 0 Å². The van der Waals surface area contributed by atoms with Crippen LogP contribution >= 0.6 is 0 Å². The lowest BCUT2D eigenvalue weighted by Crippen LogP contribution is -2.52. The molecule has 1 aromatic carbocycles. The molecule has 0 saturated heterocycles. The minimum Gasteiger partial charge on any atom is -0.367 e. The Labute approximate surface area is 192 Å². The smallest absolute Gasteiger partial charge is 0.119 e. The van der Waals surface area contributed by atoms with Gasteiger partial charge in [0.05, 0.1) is 11.4 Å². The summed E-state index contributed by atoms with van der Waals surface area (Å²) in [6.45, 7) is 4.66. The van der Waals surface area contributed by atoms with Crippen LogP contribution in [-0.4, -0.2) is 17.9 Å². The molecule has 1 saturated carbocycles. The molecule has 4 aliphatic rings. The van der Waals surface area contributed by atoms with E-state index in [1.807, 2.05) is 6.08 Å². The molecule has 3 aliphatic carbocycles. The number of aryl methyl sites for hydroxylation is 1. The Bertz CT molecular complexity index is 945. The van der Waals surface area contributed by atoms with Gasteiger partial charge in [0, 0.05) is 17.7 Å². The van der Waals surface area contributed by atoms with Crippen LogP contribution in [0.3, 0.4) is 0 Å². The van der Waals surface area contributed by atoms with E-state index in [0.29, 0.717) is 6.04 Å². The van der Waals surface area contributed by atoms with E-state index < -0.39 is 0 Å². The van der Waals surface area contributed by atoms with E-state index in [0.717, 1.165) is 43.2 Å². The SMILES string of the molecule is CCC(C)CC1CC1NC1NC2=C(N=C1CCc1ccccc1)C1C=CC(F)=CC1CC2. The highest BCUT2D eigenvalue weighted by Gasteiger charge is 2.41. The van der Waals surface area contributed by atoms with Crippen molar-refractivity contribution in [2.45, 2.75) is 71.0 Å². The standard InChI is InChI=1S/C28H36FN3/c1-3-18(2)15-21-17-26(21)32-28-25(13-9-19-7-5-4-6-8-19)30-27-23-12-11-22(29)16-20(23)10-14-24(27)31-28/h4-8,11-12,16,18,20-21,23,26,28,31-32H,3,9-10,13-15,17H2,1-2H3. The Balaban J connectivity index is 1.33. The maximum atomic E-state index is 13.8. The number of halogens is 1. The van der Waals surface area contributed by atoms with Gasteiger partial charge in [-0.15, -0.1) is 0 Å². The molecule has 32 heavy (non-hydrogen) atoms. The molecule has 6 unspecified atom stereocenters. The number of benzene rings is 1. The number of rotatable bonds is 8. The van der Waals surface area contributed by atoms with Crippen molar-refractivity contribution in [1.29, 1.82) is 0 Å². The van der Waals surface area contributed by atoms with Gasteiger partial charge in [0.2, 0.25) is 0 Å². The summed E-state index contributed by atoms with van der Waals surface area (Å²) in [5.41, 5.74) is 4.94. The quantitative estimate of drug-likeness (QED) is 0.522. The van der Waals surface area contributed by atoms with Crippen LogP contribution in [0.1, 0.15) is 57.9 Å². The second-order valence-corrected chi connectivity index (χ2v) is 10.2. The van der Waals surface area contributed by atoms with Gasteiger partial charge in [-0.2, -0.15) is 0 Å². The molecule has 1 heterocycles. The summed E-state index contributed by atoms with van der Waals surface area (Å²) < 4.78 is 13.8. The van der Waals surface area contributed by atoms with Crippen molar-refractivity contribution < 1.29 is 4.39 Å². The summed E-state index contributed by atoms with van der Waals surface area (Å²) >= 11 is 0. The molecule has 0 bridgehead atoms. The van der Waals surface area contributed by atoms with E-state index in [4.69, 9.17) is 4.99 Å². The van der Waals surface area contributed by atoms with Gasteiger partial charge in [-0.1, -0.05) is 56.7 Å². The third kappa shape index (κ3) is 4.76. The second-order valence-electron chi connectivity index (χ2n) is 10.2. The summed E-state index contributed by atoms with van der Waals surface area (Å²) in [4.78, 5) is 5.26. The summed E-state index contributed by atoms with van der Waals surface area (Å²) in [6.07, 6.45) is 13.2. The molecule has 2 N–H and O–H groups in total. The highest BCUT2D eigenvalue weighted by atomic mass is 19.1. The predicted octanol–water partition coefficient (Wildman–Crippen LogP) is 6.06. The number of hydrogen-bond donors (Lipinski definition) is 2. The van der Waals surface area contributed by atoms with Gasteiger partial charge in [-0.25, -0.2) is 4.39 Å². The van der Waals surface area contributed by atoms with E-state index in [-0.39, 0.29) is 23.8 Å². The zero-order chi connectivity index (χ0) is 22.1.